The molecule has 3 aromatic rings. The van der Waals surface area contributed by atoms with Crippen LogP contribution in [-0.4, -0.2) is 24.7 Å². The highest BCUT2D eigenvalue weighted by molar-refractivity contribution is 5.89. The zero-order chi connectivity index (χ0) is 11.0. The summed E-state index contributed by atoms with van der Waals surface area (Å²) < 4.78 is 1.88. The molecule has 0 unspecified atom stereocenters. The van der Waals surface area contributed by atoms with Crippen molar-refractivity contribution >= 4 is 11.0 Å². The van der Waals surface area contributed by atoms with E-state index in [0.717, 1.165) is 29.0 Å². The van der Waals surface area contributed by atoms with Gasteiger partial charge in [0.15, 0.2) is 0 Å². The Morgan fingerprint density at radius 1 is 1.31 bits per heavy atom. The molecule has 3 heterocycles. The summed E-state index contributed by atoms with van der Waals surface area (Å²) in [7, 11) is 0. The Morgan fingerprint density at radius 2 is 2.25 bits per heavy atom. The number of aryl methyl sites for hydroxylation is 1. The van der Waals surface area contributed by atoms with Gasteiger partial charge in [0.05, 0.1) is 0 Å². The molecule has 5 heteroatoms. The second kappa shape index (κ2) is 3.44. The van der Waals surface area contributed by atoms with Gasteiger partial charge in [0.25, 0.3) is 0 Å². The van der Waals surface area contributed by atoms with Crippen LogP contribution in [0.25, 0.3) is 22.4 Å². The Balaban J connectivity index is 2.21. The van der Waals surface area contributed by atoms with Gasteiger partial charge in [-0.15, -0.1) is 0 Å². The monoisotopic (exact) mass is 213 g/mol. The molecule has 0 saturated heterocycles. The van der Waals surface area contributed by atoms with E-state index in [2.05, 4.69) is 27.0 Å². The van der Waals surface area contributed by atoms with Crippen LogP contribution >= 0.6 is 0 Å². The number of nitrogens with one attached hydrogen (secondary N) is 1. The summed E-state index contributed by atoms with van der Waals surface area (Å²) >= 11 is 0. The van der Waals surface area contributed by atoms with Gasteiger partial charge >= 0.3 is 0 Å². The van der Waals surface area contributed by atoms with E-state index in [1.807, 2.05) is 29.2 Å². The summed E-state index contributed by atoms with van der Waals surface area (Å²) in [5.41, 5.74) is 2.60. The topological polar surface area (TPSA) is 59.4 Å². The quantitative estimate of drug-likeness (QED) is 0.706. The van der Waals surface area contributed by atoms with Gasteiger partial charge in [-0.2, -0.15) is 5.10 Å². The van der Waals surface area contributed by atoms with Crippen LogP contribution in [-0.2, 0) is 6.54 Å². The molecule has 5 nitrogen and oxygen atoms in total. The van der Waals surface area contributed by atoms with E-state index in [1.165, 1.54) is 0 Å². The van der Waals surface area contributed by atoms with Crippen molar-refractivity contribution in [3.8, 4) is 11.4 Å². The average Bonchev–Trinajstić information content (AvgIpc) is 2.97. The molecule has 0 aliphatic rings. The summed E-state index contributed by atoms with van der Waals surface area (Å²) in [6.45, 7) is 2.92. The van der Waals surface area contributed by atoms with Crippen LogP contribution in [0, 0.1) is 0 Å². The van der Waals surface area contributed by atoms with Crippen LogP contribution < -0.4 is 0 Å². The van der Waals surface area contributed by atoms with Crippen molar-refractivity contribution in [3.63, 3.8) is 0 Å². The lowest BCUT2D eigenvalue weighted by Crippen LogP contribution is -1.95. The zero-order valence-electron chi connectivity index (χ0n) is 8.88. The van der Waals surface area contributed by atoms with E-state index in [1.54, 1.807) is 6.33 Å². The van der Waals surface area contributed by atoms with Crippen LogP contribution in [0.1, 0.15) is 6.92 Å². The third-order valence-corrected chi connectivity index (χ3v) is 2.56. The first-order chi connectivity index (χ1) is 7.88. The van der Waals surface area contributed by atoms with Crippen LogP contribution in [0.4, 0.5) is 0 Å². The minimum Gasteiger partial charge on any atom is -0.346 e. The van der Waals surface area contributed by atoms with Crippen LogP contribution in [0.2, 0.25) is 0 Å². The zero-order valence-corrected chi connectivity index (χ0v) is 8.88. The molecule has 0 saturated carbocycles. The normalized spacial score (nSPS) is 11.1. The Kier molecular flexibility index (Phi) is 1.96. The first kappa shape index (κ1) is 9.08. The fraction of sp³-hybridized carbons (Fsp3) is 0.182. The predicted molar refractivity (Wildman–Crippen MR) is 60.8 cm³/mol. The second-order valence-electron chi connectivity index (χ2n) is 3.52. The number of rotatable bonds is 2. The van der Waals surface area contributed by atoms with E-state index in [4.69, 9.17) is 0 Å². The number of aromatic amines is 1. The number of hydrogen-bond donors (Lipinski definition) is 1. The summed E-state index contributed by atoms with van der Waals surface area (Å²) in [5, 5.41) is 5.44. The fourth-order valence-electron chi connectivity index (χ4n) is 1.74. The van der Waals surface area contributed by atoms with Gasteiger partial charge in [-0.3, -0.25) is 4.68 Å². The Hall–Kier alpha value is -2.17. The first-order valence-corrected chi connectivity index (χ1v) is 5.20. The molecule has 0 aromatic carbocycles. The van der Waals surface area contributed by atoms with Crippen molar-refractivity contribution in [1.82, 2.24) is 24.7 Å². The van der Waals surface area contributed by atoms with Gasteiger partial charge in [0, 0.05) is 24.3 Å². The van der Waals surface area contributed by atoms with Gasteiger partial charge in [-0.05, 0) is 19.1 Å². The van der Waals surface area contributed by atoms with Crippen molar-refractivity contribution in [1.29, 1.82) is 0 Å². The molecule has 1 N–H and O–H groups in total. The van der Waals surface area contributed by atoms with Crippen molar-refractivity contribution in [2.24, 2.45) is 0 Å². The molecular weight excluding hydrogens is 202 g/mol. The molecule has 80 valence electrons. The maximum Gasteiger partial charge on any atom is 0.141 e. The molecule has 0 aliphatic heterocycles. The third kappa shape index (κ3) is 1.29. The Labute approximate surface area is 92.2 Å². The largest absolute Gasteiger partial charge is 0.346 e. The lowest BCUT2D eigenvalue weighted by molar-refractivity contribution is 0.662. The highest BCUT2D eigenvalue weighted by Gasteiger charge is 2.09. The van der Waals surface area contributed by atoms with E-state index in [9.17, 15) is 0 Å². The smallest absolute Gasteiger partial charge is 0.141 e. The number of hydrogen-bond acceptors (Lipinski definition) is 3. The Bertz CT molecular complexity index is 622. The summed E-state index contributed by atoms with van der Waals surface area (Å²) in [4.78, 5) is 11.5. The minimum absolute atomic E-state index is 0.844. The van der Waals surface area contributed by atoms with Crippen molar-refractivity contribution in [3.05, 3.63) is 30.9 Å². The van der Waals surface area contributed by atoms with E-state index in [-0.39, 0.29) is 0 Å². The van der Waals surface area contributed by atoms with Crippen molar-refractivity contribution < 1.29 is 0 Å². The van der Waals surface area contributed by atoms with E-state index in [0.29, 0.717) is 0 Å². The molecule has 0 amide bonds. The van der Waals surface area contributed by atoms with Crippen molar-refractivity contribution in [2.75, 3.05) is 0 Å². The molecule has 0 radical (unpaired) electrons. The lowest BCUT2D eigenvalue weighted by Gasteiger charge is -1.97. The average molecular weight is 213 g/mol. The molecule has 3 rings (SSSR count). The molecule has 0 bridgehead atoms. The van der Waals surface area contributed by atoms with E-state index >= 15 is 0 Å². The molecule has 0 fully saturated rings. The standard InChI is InChI=1S/C11H11N5/c1-2-16-6-4-9(15-16)10-8-3-5-12-11(8)14-7-13-10/h3-7H,2H2,1H3,(H,12,13,14). The molecule has 16 heavy (non-hydrogen) atoms. The molecule has 3 aromatic heterocycles. The second-order valence-corrected chi connectivity index (χ2v) is 3.52. The fourth-order valence-corrected chi connectivity index (χ4v) is 1.74. The van der Waals surface area contributed by atoms with Crippen LogP contribution in [0.5, 0.6) is 0 Å². The SMILES string of the molecule is CCn1ccc(-c2ncnc3[nH]ccc23)n1. The third-order valence-electron chi connectivity index (χ3n) is 2.56. The predicted octanol–water partition coefficient (Wildman–Crippen LogP) is 1.84. The van der Waals surface area contributed by atoms with Crippen molar-refractivity contribution in [2.45, 2.75) is 13.5 Å². The van der Waals surface area contributed by atoms with Gasteiger partial charge in [-0.1, -0.05) is 0 Å². The Morgan fingerprint density at radius 3 is 3.06 bits per heavy atom. The highest BCUT2D eigenvalue weighted by atomic mass is 15.3. The summed E-state index contributed by atoms with van der Waals surface area (Å²) in [6, 6.07) is 3.94. The van der Waals surface area contributed by atoms with Gasteiger partial charge < -0.3 is 4.98 Å². The highest BCUT2D eigenvalue weighted by Crippen LogP contribution is 2.22. The number of fused-ring (bicyclic) bond motifs is 1. The lowest BCUT2D eigenvalue weighted by atomic mass is 10.2. The number of aromatic nitrogens is 5. The summed E-state index contributed by atoms with van der Waals surface area (Å²) in [6.07, 6.45) is 5.37. The molecule has 0 spiro atoms. The van der Waals surface area contributed by atoms with Gasteiger partial charge in [0.2, 0.25) is 0 Å². The summed E-state index contributed by atoms with van der Waals surface area (Å²) in [5.74, 6) is 0. The minimum atomic E-state index is 0.844. The maximum absolute atomic E-state index is 4.44. The van der Waals surface area contributed by atoms with Crippen LogP contribution in [0.15, 0.2) is 30.9 Å². The first-order valence-electron chi connectivity index (χ1n) is 5.20. The number of nitrogens with zero attached hydrogens (tertiary/aromatic N) is 4. The molecule has 0 atom stereocenters. The maximum atomic E-state index is 4.44. The van der Waals surface area contributed by atoms with E-state index < -0.39 is 0 Å². The molecule has 0 aliphatic carbocycles. The molecular formula is C11H11N5. The van der Waals surface area contributed by atoms with Gasteiger partial charge in [-0.25, -0.2) is 9.97 Å². The van der Waals surface area contributed by atoms with Crippen LogP contribution in [0.3, 0.4) is 0 Å². The number of H-pyrrole nitrogens is 1. The van der Waals surface area contributed by atoms with Gasteiger partial charge in [0.1, 0.15) is 23.4 Å².